The van der Waals surface area contributed by atoms with E-state index in [1.165, 1.54) is 6.26 Å². The lowest BCUT2D eigenvalue weighted by molar-refractivity contribution is 0.352. The Bertz CT molecular complexity index is 552. The van der Waals surface area contributed by atoms with Crippen molar-refractivity contribution in [2.24, 2.45) is 0 Å². The summed E-state index contributed by atoms with van der Waals surface area (Å²) >= 11 is 0. The second kappa shape index (κ2) is 4.90. The number of nitrogens with zero attached hydrogens (tertiary/aromatic N) is 1. The molecule has 0 unspecified atom stereocenters. The van der Waals surface area contributed by atoms with Gasteiger partial charge in [0.25, 0.3) is 0 Å². The highest BCUT2D eigenvalue weighted by molar-refractivity contribution is 7.90. The van der Waals surface area contributed by atoms with Crippen molar-refractivity contribution in [2.45, 2.75) is 17.7 Å². The minimum atomic E-state index is -3.21. The first kappa shape index (κ1) is 13.4. The van der Waals surface area contributed by atoms with Crippen LogP contribution in [0.15, 0.2) is 17.0 Å². The normalized spacial score (nSPS) is 17.1. The van der Waals surface area contributed by atoms with E-state index in [2.05, 4.69) is 11.9 Å². The van der Waals surface area contributed by atoms with Gasteiger partial charge in [-0.15, -0.1) is 0 Å². The number of rotatable bonds is 2. The zero-order chi connectivity index (χ0) is 13.3. The third-order valence-corrected chi connectivity index (χ3v) is 4.58. The smallest absolute Gasteiger partial charge is 0.175 e. The lowest BCUT2D eigenvalue weighted by Gasteiger charge is -2.13. The predicted octanol–water partition coefficient (Wildman–Crippen LogP) is 1.13. The van der Waals surface area contributed by atoms with E-state index in [0.29, 0.717) is 10.6 Å². The average molecular weight is 269 g/mol. The third-order valence-electron chi connectivity index (χ3n) is 3.42. The molecule has 1 aromatic carbocycles. The van der Waals surface area contributed by atoms with Gasteiger partial charge < -0.3 is 9.64 Å². The Morgan fingerprint density at radius 1 is 1.22 bits per heavy atom. The van der Waals surface area contributed by atoms with Gasteiger partial charge in [-0.2, -0.15) is 0 Å². The van der Waals surface area contributed by atoms with Gasteiger partial charge in [-0.05, 0) is 43.1 Å². The highest BCUT2D eigenvalue weighted by Crippen LogP contribution is 2.28. The molecule has 0 spiro atoms. The zero-order valence-corrected chi connectivity index (χ0v) is 11.9. The lowest BCUT2D eigenvalue weighted by Crippen LogP contribution is -2.20. The van der Waals surface area contributed by atoms with Gasteiger partial charge in [0.2, 0.25) is 0 Å². The van der Waals surface area contributed by atoms with Crippen LogP contribution in [0.2, 0.25) is 0 Å². The van der Waals surface area contributed by atoms with Gasteiger partial charge in [0.05, 0.1) is 12.0 Å². The van der Waals surface area contributed by atoms with E-state index in [1.807, 2.05) is 6.07 Å². The van der Waals surface area contributed by atoms with Crippen molar-refractivity contribution in [1.82, 2.24) is 4.90 Å². The molecule has 4 nitrogen and oxygen atoms in total. The fourth-order valence-electron chi connectivity index (χ4n) is 2.36. The molecule has 0 amide bonds. The van der Waals surface area contributed by atoms with Gasteiger partial charge in [0.1, 0.15) is 5.75 Å². The van der Waals surface area contributed by atoms with Crippen molar-refractivity contribution in [1.29, 1.82) is 0 Å². The molecule has 0 bridgehead atoms. The van der Waals surface area contributed by atoms with Gasteiger partial charge in [-0.1, -0.05) is 0 Å². The van der Waals surface area contributed by atoms with Crippen LogP contribution < -0.4 is 4.74 Å². The van der Waals surface area contributed by atoms with E-state index < -0.39 is 9.84 Å². The standard InChI is InChI=1S/C13H19NO3S/c1-14-6-4-10-8-11(17-2)9-13(18(3,15)16)12(10)5-7-14/h8-9H,4-7H2,1-3H3. The number of likely N-dealkylation sites (N-methyl/N-ethyl adjacent to an activating group) is 1. The van der Waals surface area contributed by atoms with Crippen LogP contribution in [-0.4, -0.2) is 46.8 Å². The summed E-state index contributed by atoms with van der Waals surface area (Å²) in [7, 11) is 0.416. The second-order valence-electron chi connectivity index (χ2n) is 4.84. The molecule has 1 heterocycles. The van der Waals surface area contributed by atoms with Crippen LogP contribution in [0.5, 0.6) is 5.75 Å². The molecule has 0 saturated carbocycles. The van der Waals surface area contributed by atoms with E-state index in [9.17, 15) is 8.42 Å². The largest absolute Gasteiger partial charge is 0.497 e. The van der Waals surface area contributed by atoms with Crippen molar-refractivity contribution >= 4 is 9.84 Å². The lowest BCUT2D eigenvalue weighted by atomic mass is 10.0. The Hall–Kier alpha value is -1.07. The topological polar surface area (TPSA) is 46.6 Å². The van der Waals surface area contributed by atoms with Crippen LogP contribution in [0.1, 0.15) is 11.1 Å². The van der Waals surface area contributed by atoms with Gasteiger partial charge in [0.15, 0.2) is 9.84 Å². The molecule has 1 aliphatic heterocycles. The molecule has 0 saturated heterocycles. The van der Waals surface area contributed by atoms with Crippen LogP contribution in [-0.2, 0) is 22.7 Å². The maximum atomic E-state index is 11.9. The van der Waals surface area contributed by atoms with Crippen molar-refractivity contribution in [3.8, 4) is 5.75 Å². The molecule has 0 atom stereocenters. The Kier molecular flexibility index (Phi) is 3.64. The Labute approximate surface area is 108 Å². The number of hydrogen-bond donors (Lipinski definition) is 0. The van der Waals surface area contributed by atoms with Crippen molar-refractivity contribution < 1.29 is 13.2 Å². The van der Waals surface area contributed by atoms with Gasteiger partial charge in [-0.25, -0.2) is 8.42 Å². The van der Waals surface area contributed by atoms with Crippen LogP contribution in [0, 0.1) is 0 Å². The van der Waals surface area contributed by atoms with E-state index in [4.69, 9.17) is 4.74 Å². The maximum Gasteiger partial charge on any atom is 0.175 e. The number of hydrogen-bond acceptors (Lipinski definition) is 4. The highest BCUT2D eigenvalue weighted by atomic mass is 32.2. The molecule has 0 N–H and O–H groups in total. The molecule has 0 radical (unpaired) electrons. The molecule has 0 fully saturated rings. The van der Waals surface area contributed by atoms with E-state index in [-0.39, 0.29) is 0 Å². The SMILES string of the molecule is COc1cc2c(c(S(C)(=O)=O)c1)CCN(C)CC2. The number of benzene rings is 1. The van der Waals surface area contributed by atoms with Crippen LogP contribution in [0.4, 0.5) is 0 Å². The fraction of sp³-hybridized carbons (Fsp3) is 0.538. The van der Waals surface area contributed by atoms with Crippen LogP contribution >= 0.6 is 0 Å². The van der Waals surface area contributed by atoms with Crippen LogP contribution in [0.3, 0.4) is 0 Å². The maximum absolute atomic E-state index is 11.9. The first-order valence-corrected chi connectivity index (χ1v) is 7.89. The van der Waals surface area contributed by atoms with Gasteiger partial charge >= 0.3 is 0 Å². The minimum absolute atomic E-state index is 0.423. The minimum Gasteiger partial charge on any atom is -0.497 e. The molecular formula is C13H19NO3S. The summed E-state index contributed by atoms with van der Waals surface area (Å²) in [6.07, 6.45) is 2.90. The van der Waals surface area contributed by atoms with Crippen LogP contribution in [0.25, 0.3) is 0 Å². The molecule has 0 aromatic heterocycles. The molecule has 0 aliphatic carbocycles. The molecule has 100 valence electrons. The fourth-order valence-corrected chi connectivity index (χ4v) is 3.37. The first-order valence-electron chi connectivity index (χ1n) is 6.00. The Balaban J connectivity index is 2.60. The average Bonchev–Trinajstić information content (AvgIpc) is 2.49. The van der Waals surface area contributed by atoms with E-state index in [0.717, 1.165) is 37.1 Å². The molecule has 18 heavy (non-hydrogen) atoms. The van der Waals surface area contributed by atoms with E-state index in [1.54, 1.807) is 13.2 Å². The van der Waals surface area contributed by atoms with Crippen molar-refractivity contribution in [3.05, 3.63) is 23.3 Å². The summed E-state index contributed by atoms with van der Waals surface area (Å²) < 4.78 is 29.0. The van der Waals surface area contributed by atoms with Crippen molar-refractivity contribution in [3.63, 3.8) is 0 Å². The second-order valence-corrected chi connectivity index (χ2v) is 6.82. The highest BCUT2D eigenvalue weighted by Gasteiger charge is 2.21. The molecule has 2 rings (SSSR count). The molecule has 1 aromatic rings. The summed E-state index contributed by atoms with van der Waals surface area (Å²) in [5.41, 5.74) is 2.06. The number of methoxy groups -OCH3 is 1. The number of ether oxygens (including phenoxy) is 1. The molecular weight excluding hydrogens is 250 g/mol. The summed E-state index contributed by atoms with van der Waals surface area (Å²) in [5.74, 6) is 0.624. The Morgan fingerprint density at radius 3 is 2.50 bits per heavy atom. The zero-order valence-electron chi connectivity index (χ0n) is 11.1. The summed E-state index contributed by atoms with van der Waals surface area (Å²) in [5, 5.41) is 0. The summed E-state index contributed by atoms with van der Waals surface area (Å²) in [6, 6.07) is 3.60. The van der Waals surface area contributed by atoms with E-state index >= 15 is 0 Å². The quantitative estimate of drug-likeness (QED) is 0.807. The van der Waals surface area contributed by atoms with Crippen molar-refractivity contribution in [2.75, 3.05) is 33.5 Å². The monoisotopic (exact) mass is 269 g/mol. The summed E-state index contributed by atoms with van der Waals surface area (Å²) in [6.45, 7) is 1.84. The molecule has 1 aliphatic rings. The first-order chi connectivity index (χ1) is 8.41. The summed E-state index contributed by atoms with van der Waals surface area (Å²) in [4.78, 5) is 2.64. The third kappa shape index (κ3) is 2.67. The van der Waals surface area contributed by atoms with Gasteiger partial charge in [-0.3, -0.25) is 0 Å². The number of fused-ring (bicyclic) bond motifs is 1. The van der Waals surface area contributed by atoms with Gasteiger partial charge in [0, 0.05) is 19.3 Å². The molecule has 5 heteroatoms. The number of sulfone groups is 1. The Morgan fingerprint density at radius 2 is 1.89 bits per heavy atom. The predicted molar refractivity (Wildman–Crippen MR) is 71.0 cm³/mol.